The van der Waals surface area contributed by atoms with Crippen molar-refractivity contribution in [2.75, 3.05) is 26.2 Å². The van der Waals surface area contributed by atoms with Crippen LogP contribution in [0.3, 0.4) is 0 Å². The second kappa shape index (κ2) is 5.65. The van der Waals surface area contributed by atoms with Crippen molar-refractivity contribution in [3.05, 3.63) is 40.4 Å². The van der Waals surface area contributed by atoms with Crippen LogP contribution in [0.4, 0.5) is 0 Å². The molecule has 1 amide bonds. The maximum atomic E-state index is 12.6. The second-order valence-electron chi connectivity index (χ2n) is 5.94. The lowest BCUT2D eigenvalue weighted by Crippen LogP contribution is -2.32. The van der Waals surface area contributed by atoms with E-state index in [0.29, 0.717) is 22.6 Å². The van der Waals surface area contributed by atoms with Gasteiger partial charge in [0.25, 0.3) is 5.91 Å². The van der Waals surface area contributed by atoms with Crippen molar-refractivity contribution < 1.29 is 4.79 Å². The Bertz CT molecular complexity index is 705. The van der Waals surface area contributed by atoms with E-state index < -0.39 is 0 Å². The maximum absolute atomic E-state index is 12.6. The summed E-state index contributed by atoms with van der Waals surface area (Å²) in [5.41, 5.74) is 1.51. The first-order valence-corrected chi connectivity index (χ1v) is 8.68. The number of carbonyl (C=O) groups is 1. The van der Waals surface area contributed by atoms with Gasteiger partial charge in [-0.2, -0.15) is 0 Å². The second-order valence-corrected chi connectivity index (χ2v) is 7.23. The minimum atomic E-state index is 0.0546. The molecule has 2 aromatic rings. The topological polar surface area (TPSA) is 45.2 Å². The number of halogens is 1. The molecule has 0 spiro atoms. The smallest absolute Gasteiger partial charge is 0.273 e. The Morgan fingerprint density at radius 2 is 2.09 bits per heavy atom. The summed E-state index contributed by atoms with van der Waals surface area (Å²) in [6.45, 7) is 3.75. The van der Waals surface area contributed by atoms with Crippen molar-refractivity contribution in [1.29, 1.82) is 0 Å². The fourth-order valence-electron chi connectivity index (χ4n) is 3.31. The van der Waals surface area contributed by atoms with E-state index in [-0.39, 0.29) is 5.91 Å². The summed E-state index contributed by atoms with van der Waals surface area (Å²) in [5.74, 6) is 1.27. The average Bonchev–Trinajstić information content (AvgIpc) is 3.22. The SMILES string of the molecule is O=C(c1csc(-c2cccc(Cl)c2)n1)N1C[C@H]2CNC[C@H]2C1. The number of likely N-dealkylation sites (tertiary alicyclic amines) is 1. The lowest BCUT2D eigenvalue weighted by Gasteiger charge is -2.15. The predicted octanol–water partition coefficient (Wildman–Crippen LogP) is 2.75. The van der Waals surface area contributed by atoms with Gasteiger partial charge in [0.2, 0.25) is 0 Å². The van der Waals surface area contributed by atoms with E-state index in [1.165, 1.54) is 11.3 Å². The number of carbonyl (C=O) groups excluding carboxylic acids is 1. The fourth-order valence-corrected chi connectivity index (χ4v) is 4.29. The minimum absolute atomic E-state index is 0.0546. The molecular formula is C16H16ClN3OS. The van der Waals surface area contributed by atoms with Gasteiger partial charge in [-0.05, 0) is 24.0 Å². The molecule has 4 nitrogen and oxygen atoms in total. The summed E-state index contributed by atoms with van der Waals surface area (Å²) < 4.78 is 0. The van der Waals surface area contributed by atoms with Gasteiger partial charge in [0.1, 0.15) is 10.7 Å². The highest BCUT2D eigenvalue weighted by Crippen LogP contribution is 2.30. The van der Waals surface area contributed by atoms with Crippen LogP contribution in [0.1, 0.15) is 10.5 Å². The summed E-state index contributed by atoms with van der Waals surface area (Å²) in [6.07, 6.45) is 0. The zero-order valence-electron chi connectivity index (χ0n) is 12.0. The lowest BCUT2D eigenvalue weighted by molar-refractivity contribution is 0.0777. The number of nitrogens with zero attached hydrogens (tertiary/aromatic N) is 2. The lowest BCUT2D eigenvalue weighted by atomic mass is 10.0. The number of thiazole rings is 1. The highest BCUT2D eigenvalue weighted by Gasteiger charge is 2.38. The van der Waals surface area contributed by atoms with Gasteiger partial charge in [0.15, 0.2) is 0 Å². The van der Waals surface area contributed by atoms with E-state index in [0.717, 1.165) is 36.8 Å². The van der Waals surface area contributed by atoms with Crippen molar-refractivity contribution >= 4 is 28.8 Å². The Morgan fingerprint density at radius 3 is 2.82 bits per heavy atom. The van der Waals surface area contributed by atoms with Crippen LogP contribution in [0, 0.1) is 11.8 Å². The van der Waals surface area contributed by atoms with E-state index in [4.69, 9.17) is 11.6 Å². The third kappa shape index (κ3) is 2.53. The molecule has 1 aromatic carbocycles. The summed E-state index contributed by atoms with van der Waals surface area (Å²) in [5, 5.41) is 6.76. The summed E-state index contributed by atoms with van der Waals surface area (Å²) >= 11 is 7.51. The van der Waals surface area contributed by atoms with E-state index in [2.05, 4.69) is 10.3 Å². The van der Waals surface area contributed by atoms with Gasteiger partial charge in [-0.3, -0.25) is 4.79 Å². The van der Waals surface area contributed by atoms with Gasteiger partial charge in [-0.1, -0.05) is 23.7 Å². The van der Waals surface area contributed by atoms with Gasteiger partial charge < -0.3 is 10.2 Å². The fraction of sp³-hybridized carbons (Fsp3) is 0.375. The standard InChI is InChI=1S/C16H16ClN3OS/c17-13-3-1-2-10(4-13)15-19-14(9-22-15)16(21)20-7-11-5-18-6-12(11)8-20/h1-4,9,11-12,18H,5-8H2/t11-,12+. The summed E-state index contributed by atoms with van der Waals surface area (Å²) in [6, 6.07) is 7.57. The average molecular weight is 334 g/mol. The van der Waals surface area contributed by atoms with Gasteiger partial charge in [-0.15, -0.1) is 11.3 Å². The van der Waals surface area contributed by atoms with Crippen molar-refractivity contribution in [1.82, 2.24) is 15.2 Å². The zero-order valence-corrected chi connectivity index (χ0v) is 13.5. The van der Waals surface area contributed by atoms with Crippen LogP contribution < -0.4 is 5.32 Å². The number of fused-ring (bicyclic) bond motifs is 1. The van der Waals surface area contributed by atoms with Crippen LogP contribution in [0.2, 0.25) is 5.02 Å². The first-order chi connectivity index (χ1) is 10.7. The Hall–Kier alpha value is -1.43. The first-order valence-electron chi connectivity index (χ1n) is 7.42. The molecule has 2 atom stereocenters. The molecule has 1 N–H and O–H groups in total. The molecule has 3 heterocycles. The van der Waals surface area contributed by atoms with Crippen molar-refractivity contribution in [2.45, 2.75) is 0 Å². The van der Waals surface area contributed by atoms with E-state index >= 15 is 0 Å². The minimum Gasteiger partial charge on any atom is -0.337 e. The molecule has 1 aromatic heterocycles. The van der Waals surface area contributed by atoms with E-state index in [1.807, 2.05) is 34.5 Å². The van der Waals surface area contributed by atoms with Crippen LogP contribution in [-0.4, -0.2) is 42.0 Å². The molecule has 2 aliphatic heterocycles. The molecular weight excluding hydrogens is 318 g/mol. The molecule has 2 saturated heterocycles. The van der Waals surface area contributed by atoms with E-state index in [9.17, 15) is 4.79 Å². The normalized spacial score (nSPS) is 23.8. The Labute approximate surface area is 138 Å². The number of hydrogen-bond acceptors (Lipinski definition) is 4. The number of benzene rings is 1. The monoisotopic (exact) mass is 333 g/mol. The molecule has 4 rings (SSSR count). The first kappa shape index (κ1) is 14.2. The molecule has 22 heavy (non-hydrogen) atoms. The number of rotatable bonds is 2. The van der Waals surface area contributed by atoms with Crippen LogP contribution >= 0.6 is 22.9 Å². The molecule has 0 aliphatic carbocycles. The molecule has 2 aliphatic rings. The van der Waals surface area contributed by atoms with Gasteiger partial charge in [0.05, 0.1) is 0 Å². The van der Waals surface area contributed by atoms with E-state index in [1.54, 1.807) is 0 Å². The Kier molecular flexibility index (Phi) is 3.64. The highest BCUT2D eigenvalue weighted by atomic mass is 35.5. The van der Waals surface area contributed by atoms with Crippen molar-refractivity contribution in [3.8, 4) is 10.6 Å². The Balaban J connectivity index is 1.53. The molecule has 0 saturated carbocycles. The maximum Gasteiger partial charge on any atom is 0.273 e. The number of hydrogen-bond donors (Lipinski definition) is 1. The third-order valence-electron chi connectivity index (χ3n) is 4.47. The number of nitrogens with one attached hydrogen (secondary N) is 1. The molecule has 0 bridgehead atoms. The molecule has 0 unspecified atom stereocenters. The molecule has 0 radical (unpaired) electrons. The Morgan fingerprint density at radius 1 is 1.32 bits per heavy atom. The van der Waals surface area contributed by atoms with Gasteiger partial charge in [0, 0.05) is 42.1 Å². The van der Waals surface area contributed by atoms with Crippen LogP contribution in [0.5, 0.6) is 0 Å². The summed E-state index contributed by atoms with van der Waals surface area (Å²) in [4.78, 5) is 19.1. The molecule has 6 heteroatoms. The van der Waals surface area contributed by atoms with Crippen LogP contribution in [0.25, 0.3) is 10.6 Å². The van der Waals surface area contributed by atoms with Gasteiger partial charge in [-0.25, -0.2) is 4.98 Å². The largest absolute Gasteiger partial charge is 0.337 e. The quantitative estimate of drug-likeness (QED) is 0.919. The van der Waals surface area contributed by atoms with Crippen molar-refractivity contribution in [3.63, 3.8) is 0 Å². The molecule has 114 valence electrons. The predicted molar refractivity (Wildman–Crippen MR) is 88.3 cm³/mol. The zero-order chi connectivity index (χ0) is 15.1. The van der Waals surface area contributed by atoms with Gasteiger partial charge >= 0.3 is 0 Å². The number of aromatic nitrogens is 1. The van der Waals surface area contributed by atoms with Crippen molar-refractivity contribution in [2.24, 2.45) is 11.8 Å². The van der Waals surface area contributed by atoms with Crippen LogP contribution in [-0.2, 0) is 0 Å². The highest BCUT2D eigenvalue weighted by molar-refractivity contribution is 7.13. The third-order valence-corrected chi connectivity index (χ3v) is 5.60. The molecule has 2 fully saturated rings. The number of amides is 1. The summed E-state index contributed by atoms with van der Waals surface area (Å²) in [7, 11) is 0. The van der Waals surface area contributed by atoms with Crippen LogP contribution in [0.15, 0.2) is 29.6 Å².